The zero-order chi connectivity index (χ0) is 21.2. The monoisotopic (exact) mass is 430 g/mol. The molecule has 1 aromatic carbocycles. The number of aromatic amines is 1. The van der Waals surface area contributed by atoms with Gasteiger partial charge in [-0.2, -0.15) is 0 Å². The number of benzene rings is 1. The lowest BCUT2D eigenvalue weighted by Gasteiger charge is -2.14. The van der Waals surface area contributed by atoms with Crippen molar-refractivity contribution >= 4 is 40.2 Å². The van der Waals surface area contributed by atoms with Crippen molar-refractivity contribution in [2.45, 2.75) is 6.54 Å². The van der Waals surface area contributed by atoms with E-state index in [1.807, 2.05) is 36.4 Å². The number of anilines is 3. The van der Waals surface area contributed by atoms with E-state index in [2.05, 4.69) is 30.9 Å². The number of carbonyl (C=O) groups excluding carboxylic acids is 2. The van der Waals surface area contributed by atoms with Crippen LogP contribution in [0.15, 0.2) is 60.4 Å². The summed E-state index contributed by atoms with van der Waals surface area (Å²) >= 11 is 1.26. The van der Waals surface area contributed by atoms with Crippen LogP contribution in [0.4, 0.5) is 17.2 Å². The van der Waals surface area contributed by atoms with E-state index < -0.39 is 0 Å². The Kier molecular flexibility index (Phi) is 5.03. The number of aromatic nitrogens is 3. The van der Waals surface area contributed by atoms with Crippen molar-refractivity contribution in [3.05, 3.63) is 76.5 Å². The smallest absolute Gasteiger partial charge is 0.268 e. The molecule has 0 fully saturated rings. The van der Waals surface area contributed by atoms with Crippen LogP contribution in [0.25, 0.3) is 11.3 Å². The molecule has 4 N–H and O–H groups in total. The first-order chi connectivity index (χ1) is 15.2. The number of thiazole rings is 1. The number of hydrogen-bond acceptors (Lipinski definition) is 7. The Balaban J connectivity index is 1.54. The molecule has 0 atom stereocenters. The molecule has 154 valence electrons. The molecule has 1 aliphatic heterocycles. The zero-order valence-corrected chi connectivity index (χ0v) is 17.1. The molecule has 0 bridgehead atoms. The maximum Gasteiger partial charge on any atom is 0.268 e. The van der Waals surface area contributed by atoms with Crippen molar-refractivity contribution in [1.82, 2.24) is 20.3 Å². The number of fused-ring (bicyclic) bond motifs is 1. The minimum atomic E-state index is -0.264. The van der Waals surface area contributed by atoms with Crippen LogP contribution in [-0.2, 0) is 6.54 Å². The van der Waals surface area contributed by atoms with E-state index in [1.165, 1.54) is 17.5 Å². The molecule has 0 saturated carbocycles. The Morgan fingerprint density at radius 2 is 2.00 bits per heavy atom. The first-order valence-electron chi connectivity index (χ1n) is 9.66. The predicted molar refractivity (Wildman–Crippen MR) is 120 cm³/mol. The highest BCUT2D eigenvalue weighted by molar-refractivity contribution is 7.11. The van der Waals surface area contributed by atoms with Gasteiger partial charge in [-0.3, -0.25) is 14.6 Å². The van der Waals surface area contributed by atoms with Gasteiger partial charge in [0.25, 0.3) is 5.91 Å². The summed E-state index contributed by atoms with van der Waals surface area (Å²) in [5.41, 5.74) is 6.26. The normalized spacial score (nSPS) is 13.0. The van der Waals surface area contributed by atoms with E-state index in [4.69, 9.17) is 0 Å². The molecule has 4 heterocycles. The van der Waals surface area contributed by atoms with Crippen LogP contribution in [0, 0.1) is 0 Å². The Hall–Kier alpha value is -3.82. The maximum atomic E-state index is 12.7. The number of nitrogens with zero attached hydrogens (tertiary/aromatic N) is 2. The number of nitrogens with one attached hydrogen (secondary N) is 4. The average Bonchev–Trinajstić information content (AvgIpc) is 3.44. The number of rotatable bonds is 5. The fourth-order valence-corrected chi connectivity index (χ4v) is 4.06. The first kappa shape index (κ1) is 19.2. The lowest BCUT2D eigenvalue weighted by Crippen LogP contribution is -2.29. The SMILES string of the molecule is O=C(Nc1cc(-c2[nH]c3c(c2Nc2ccccc2)C(=O)CNC3)ccn1)c1cncs1. The third kappa shape index (κ3) is 3.83. The predicted octanol–water partition coefficient (Wildman–Crippen LogP) is 3.82. The largest absolute Gasteiger partial charge is 0.355 e. The summed E-state index contributed by atoms with van der Waals surface area (Å²) in [6.45, 7) is 0.866. The fourth-order valence-electron chi connectivity index (χ4n) is 3.55. The first-order valence-corrected chi connectivity index (χ1v) is 10.5. The van der Waals surface area contributed by atoms with Crippen LogP contribution in [0.2, 0.25) is 0 Å². The zero-order valence-electron chi connectivity index (χ0n) is 16.3. The Labute approximate surface area is 181 Å². The van der Waals surface area contributed by atoms with Gasteiger partial charge in [0.05, 0.1) is 35.2 Å². The number of carbonyl (C=O) groups is 2. The minimum absolute atomic E-state index is 0.0231. The quantitative estimate of drug-likeness (QED) is 0.383. The van der Waals surface area contributed by atoms with Crippen molar-refractivity contribution in [2.24, 2.45) is 0 Å². The summed E-state index contributed by atoms with van der Waals surface area (Å²) < 4.78 is 0. The highest BCUT2D eigenvalue weighted by Crippen LogP contribution is 2.37. The van der Waals surface area contributed by atoms with Gasteiger partial charge in [0.2, 0.25) is 0 Å². The Morgan fingerprint density at radius 3 is 2.81 bits per heavy atom. The number of Topliss-reactive ketones (excluding diaryl/α,β-unsaturated/α-hetero) is 1. The van der Waals surface area contributed by atoms with Crippen LogP contribution >= 0.6 is 11.3 Å². The molecule has 1 aliphatic rings. The molecular formula is C22H18N6O2S. The standard InChI is InChI=1S/C22H18N6O2S/c29-16-10-23-9-15-19(16)21(26-14-4-2-1-3-5-14)20(27-15)13-6-7-25-18(8-13)28-22(30)17-11-24-12-31-17/h1-8,11-12,23,26-27H,9-10H2,(H,25,28,30). The molecule has 5 rings (SSSR count). The molecule has 4 aromatic rings. The number of hydrogen-bond donors (Lipinski definition) is 4. The summed E-state index contributed by atoms with van der Waals surface area (Å²) in [6.07, 6.45) is 3.15. The molecule has 3 aromatic heterocycles. The van der Waals surface area contributed by atoms with Crippen LogP contribution in [0.1, 0.15) is 25.7 Å². The van der Waals surface area contributed by atoms with Gasteiger partial charge in [-0.15, -0.1) is 11.3 Å². The van der Waals surface area contributed by atoms with Gasteiger partial charge in [0.15, 0.2) is 5.78 Å². The molecule has 1 amide bonds. The van der Waals surface area contributed by atoms with Gasteiger partial charge in [0.1, 0.15) is 10.7 Å². The van der Waals surface area contributed by atoms with E-state index in [9.17, 15) is 9.59 Å². The summed E-state index contributed by atoms with van der Waals surface area (Å²) in [5, 5.41) is 9.32. The van der Waals surface area contributed by atoms with Crippen LogP contribution in [0.5, 0.6) is 0 Å². The topological polar surface area (TPSA) is 112 Å². The summed E-state index contributed by atoms with van der Waals surface area (Å²) in [7, 11) is 0. The summed E-state index contributed by atoms with van der Waals surface area (Å²) in [6, 6.07) is 13.3. The minimum Gasteiger partial charge on any atom is -0.355 e. The van der Waals surface area contributed by atoms with E-state index in [0.29, 0.717) is 29.3 Å². The van der Waals surface area contributed by atoms with Crippen molar-refractivity contribution in [3.63, 3.8) is 0 Å². The van der Waals surface area contributed by atoms with Crippen molar-refractivity contribution in [1.29, 1.82) is 0 Å². The van der Waals surface area contributed by atoms with Gasteiger partial charge in [-0.05, 0) is 24.3 Å². The van der Waals surface area contributed by atoms with Gasteiger partial charge in [-0.1, -0.05) is 18.2 Å². The lowest BCUT2D eigenvalue weighted by atomic mass is 10.0. The molecule has 9 heteroatoms. The highest BCUT2D eigenvalue weighted by atomic mass is 32.1. The second-order valence-electron chi connectivity index (χ2n) is 7.00. The van der Waals surface area contributed by atoms with Crippen molar-refractivity contribution in [3.8, 4) is 11.3 Å². The second kappa shape index (κ2) is 8.13. The van der Waals surface area contributed by atoms with Crippen LogP contribution in [0.3, 0.4) is 0 Å². The molecule has 0 saturated heterocycles. The summed E-state index contributed by atoms with van der Waals surface area (Å²) in [4.78, 5) is 37.2. The third-order valence-electron chi connectivity index (χ3n) is 4.93. The van der Waals surface area contributed by atoms with E-state index in [1.54, 1.807) is 17.8 Å². The maximum absolute atomic E-state index is 12.7. The van der Waals surface area contributed by atoms with Gasteiger partial charge < -0.3 is 20.9 Å². The fraction of sp³-hybridized carbons (Fsp3) is 0.0909. The van der Waals surface area contributed by atoms with Gasteiger partial charge >= 0.3 is 0 Å². The van der Waals surface area contributed by atoms with Crippen molar-refractivity contribution in [2.75, 3.05) is 17.2 Å². The number of pyridine rings is 1. The molecule has 0 unspecified atom stereocenters. The Bertz CT molecular complexity index is 1250. The number of ketones is 1. The highest BCUT2D eigenvalue weighted by Gasteiger charge is 2.27. The number of amides is 1. The third-order valence-corrected chi connectivity index (χ3v) is 5.71. The molecule has 0 radical (unpaired) electrons. The number of H-pyrrole nitrogens is 1. The molecule has 8 nitrogen and oxygen atoms in total. The second-order valence-corrected chi connectivity index (χ2v) is 7.88. The number of para-hydroxylation sites is 1. The van der Waals surface area contributed by atoms with Gasteiger partial charge in [-0.25, -0.2) is 4.98 Å². The molecule has 0 aliphatic carbocycles. The van der Waals surface area contributed by atoms with Crippen LogP contribution in [-0.4, -0.2) is 33.2 Å². The Morgan fingerprint density at radius 1 is 1.13 bits per heavy atom. The van der Waals surface area contributed by atoms with Crippen molar-refractivity contribution < 1.29 is 9.59 Å². The molecular weight excluding hydrogens is 412 g/mol. The summed E-state index contributed by atoms with van der Waals surface area (Å²) in [5.74, 6) is 0.175. The van der Waals surface area contributed by atoms with Gasteiger partial charge in [0, 0.05) is 29.7 Å². The average molecular weight is 430 g/mol. The van der Waals surface area contributed by atoms with E-state index in [-0.39, 0.29) is 11.7 Å². The van der Waals surface area contributed by atoms with E-state index in [0.717, 1.165) is 28.3 Å². The lowest BCUT2D eigenvalue weighted by molar-refractivity contribution is 0.0981. The van der Waals surface area contributed by atoms with Crippen LogP contribution < -0.4 is 16.0 Å². The molecule has 31 heavy (non-hydrogen) atoms. The van der Waals surface area contributed by atoms with E-state index >= 15 is 0 Å². The molecule has 0 spiro atoms.